The Kier molecular flexibility index (Phi) is 8.58. The lowest BCUT2D eigenvalue weighted by Crippen LogP contribution is -2.15. The first-order chi connectivity index (χ1) is 8.86. The van der Waals surface area contributed by atoms with Crippen LogP contribution in [-0.2, 0) is 12.8 Å². The number of hydrogen-bond donors (Lipinski definition) is 1. The molecule has 1 heteroatoms. The van der Waals surface area contributed by atoms with E-state index >= 15 is 0 Å². The van der Waals surface area contributed by atoms with Crippen molar-refractivity contribution in [2.75, 3.05) is 13.1 Å². The maximum atomic E-state index is 3.46. The summed E-state index contributed by atoms with van der Waals surface area (Å²) in [6.45, 7) is 6.80. The van der Waals surface area contributed by atoms with E-state index in [1.807, 2.05) is 0 Å². The van der Waals surface area contributed by atoms with Crippen LogP contribution < -0.4 is 5.32 Å². The summed E-state index contributed by atoms with van der Waals surface area (Å²) >= 11 is 0. The molecule has 0 aromatic heterocycles. The summed E-state index contributed by atoms with van der Waals surface area (Å²) in [6, 6.07) is 9.20. The summed E-state index contributed by atoms with van der Waals surface area (Å²) in [4.78, 5) is 0. The van der Waals surface area contributed by atoms with Gasteiger partial charge in [-0.25, -0.2) is 0 Å². The number of unbranched alkanes of at least 4 members (excludes halogenated alkanes) is 2. The van der Waals surface area contributed by atoms with Crippen molar-refractivity contribution >= 4 is 0 Å². The van der Waals surface area contributed by atoms with Crippen molar-refractivity contribution in [2.24, 2.45) is 0 Å². The Hall–Kier alpha value is -0.820. The molecule has 0 saturated carbocycles. The molecule has 0 saturated heterocycles. The molecule has 1 rings (SSSR count). The third-order valence-electron chi connectivity index (χ3n) is 3.31. The highest BCUT2D eigenvalue weighted by molar-refractivity contribution is 5.22. The van der Waals surface area contributed by atoms with Crippen LogP contribution in [0, 0.1) is 0 Å². The smallest absolute Gasteiger partial charge is 0.00489 e. The van der Waals surface area contributed by atoms with Gasteiger partial charge in [0.15, 0.2) is 0 Å². The highest BCUT2D eigenvalue weighted by Gasteiger charge is 1.95. The van der Waals surface area contributed by atoms with Crippen molar-refractivity contribution < 1.29 is 0 Å². The molecule has 0 amide bonds. The predicted molar refractivity (Wildman–Crippen MR) is 81.2 cm³/mol. The monoisotopic (exact) mass is 247 g/mol. The van der Waals surface area contributed by atoms with Gasteiger partial charge in [-0.05, 0) is 56.3 Å². The second kappa shape index (κ2) is 10.1. The van der Waals surface area contributed by atoms with Crippen LogP contribution in [0.1, 0.15) is 57.1 Å². The van der Waals surface area contributed by atoms with Crippen molar-refractivity contribution in [1.29, 1.82) is 0 Å². The number of rotatable bonds is 10. The largest absolute Gasteiger partial charge is 0.317 e. The molecular formula is C17H29N. The fraction of sp³-hybridized carbons (Fsp3) is 0.647. The molecule has 1 aromatic carbocycles. The summed E-state index contributed by atoms with van der Waals surface area (Å²) in [5.41, 5.74) is 2.97. The molecule has 0 aliphatic heterocycles. The third-order valence-corrected chi connectivity index (χ3v) is 3.31. The molecule has 0 aliphatic rings. The zero-order valence-corrected chi connectivity index (χ0v) is 12.2. The number of nitrogens with one attached hydrogen (secondary N) is 1. The van der Waals surface area contributed by atoms with Gasteiger partial charge in [-0.2, -0.15) is 0 Å². The first-order valence-corrected chi connectivity index (χ1v) is 7.65. The first-order valence-electron chi connectivity index (χ1n) is 7.65. The lowest BCUT2D eigenvalue weighted by Gasteiger charge is -2.05. The maximum absolute atomic E-state index is 3.46. The normalized spacial score (nSPS) is 10.8. The minimum absolute atomic E-state index is 1.17. The third kappa shape index (κ3) is 6.80. The van der Waals surface area contributed by atoms with Gasteiger partial charge in [0.1, 0.15) is 0 Å². The van der Waals surface area contributed by atoms with Gasteiger partial charge >= 0.3 is 0 Å². The number of hydrogen-bond acceptors (Lipinski definition) is 1. The second-order valence-electron chi connectivity index (χ2n) is 5.13. The predicted octanol–water partition coefficient (Wildman–Crippen LogP) is 4.35. The van der Waals surface area contributed by atoms with Gasteiger partial charge in [0.2, 0.25) is 0 Å². The van der Waals surface area contributed by atoms with Gasteiger partial charge < -0.3 is 5.32 Å². The average molecular weight is 247 g/mol. The van der Waals surface area contributed by atoms with Crippen LogP contribution in [0.25, 0.3) is 0 Å². The van der Waals surface area contributed by atoms with E-state index in [-0.39, 0.29) is 0 Å². The van der Waals surface area contributed by atoms with Crippen LogP contribution in [0.2, 0.25) is 0 Å². The second-order valence-corrected chi connectivity index (χ2v) is 5.13. The van der Waals surface area contributed by atoms with E-state index in [1.165, 1.54) is 69.2 Å². The van der Waals surface area contributed by atoms with E-state index in [2.05, 4.69) is 43.4 Å². The van der Waals surface area contributed by atoms with Gasteiger partial charge in [-0.3, -0.25) is 0 Å². The summed E-state index contributed by atoms with van der Waals surface area (Å²) < 4.78 is 0. The molecule has 1 aromatic rings. The van der Waals surface area contributed by atoms with Crippen molar-refractivity contribution in [2.45, 2.75) is 58.8 Å². The summed E-state index contributed by atoms with van der Waals surface area (Å²) in [5, 5.41) is 3.46. The van der Waals surface area contributed by atoms with Crippen LogP contribution in [0.15, 0.2) is 24.3 Å². The Labute approximate surface area is 113 Å². The van der Waals surface area contributed by atoms with Crippen LogP contribution in [0.3, 0.4) is 0 Å². The fourth-order valence-corrected chi connectivity index (χ4v) is 2.22. The lowest BCUT2D eigenvalue weighted by molar-refractivity contribution is 0.599. The molecule has 0 aliphatic carbocycles. The van der Waals surface area contributed by atoms with Gasteiger partial charge in [-0.1, -0.05) is 51.0 Å². The van der Waals surface area contributed by atoms with Crippen molar-refractivity contribution in [1.82, 2.24) is 5.32 Å². The Bertz CT molecular complexity index is 289. The SMILES string of the molecule is CCCNCCCCCc1ccc(CCC)cc1. The Morgan fingerprint density at radius 1 is 0.722 bits per heavy atom. The van der Waals surface area contributed by atoms with Crippen LogP contribution >= 0.6 is 0 Å². The zero-order chi connectivity index (χ0) is 13.1. The molecule has 102 valence electrons. The summed E-state index contributed by atoms with van der Waals surface area (Å²) in [5.74, 6) is 0. The Morgan fingerprint density at radius 3 is 2.00 bits per heavy atom. The summed E-state index contributed by atoms with van der Waals surface area (Å²) in [7, 11) is 0. The van der Waals surface area contributed by atoms with E-state index in [4.69, 9.17) is 0 Å². The van der Waals surface area contributed by atoms with Gasteiger partial charge in [0.25, 0.3) is 0 Å². The molecule has 1 N–H and O–H groups in total. The fourth-order valence-electron chi connectivity index (χ4n) is 2.22. The van der Waals surface area contributed by atoms with E-state index in [0.29, 0.717) is 0 Å². The van der Waals surface area contributed by atoms with Gasteiger partial charge in [0, 0.05) is 0 Å². The molecule has 0 atom stereocenters. The Balaban J connectivity index is 2.08. The molecule has 0 heterocycles. The summed E-state index contributed by atoms with van der Waals surface area (Å²) in [6.07, 6.45) is 8.90. The highest BCUT2D eigenvalue weighted by atomic mass is 14.8. The van der Waals surface area contributed by atoms with E-state index in [0.717, 1.165) is 0 Å². The molecule has 0 unspecified atom stereocenters. The molecule has 18 heavy (non-hydrogen) atoms. The minimum atomic E-state index is 1.17. The maximum Gasteiger partial charge on any atom is -0.00489 e. The minimum Gasteiger partial charge on any atom is -0.317 e. The molecule has 0 radical (unpaired) electrons. The van der Waals surface area contributed by atoms with Crippen LogP contribution in [-0.4, -0.2) is 13.1 Å². The Morgan fingerprint density at radius 2 is 1.39 bits per heavy atom. The van der Waals surface area contributed by atoms with Crippen molar-refractivity contribution in [3.63, 3.8) is 0 Å². The molecule has 0 fully saturated rings. The van der Waals surface area contributed by atoms with Crippen molar-refractivity contribution in [3.8, 4) is 0 Å². The molecule has 0 bridgehead atoms. The quantitative estimate of drug-likeness (QED) is 0.606. The zero-order valence-electron chi connectivity index (χ0n) is 12.2. The van der Waals surface area contributed by atoms with E-state index in [9.17, 15) is 0 Å². The van der Waals surface area contributed by atoms with Crippen LogP contribution in [0.4, 0.5) is 0 Å². The van der Waals surface area contributed by atoms with Gasteiger partial charge in [-0.15, -0.1) is 0 Å². The topological polar surface area (TPSA) is 12.0 Å². The van der Waals surface area contributed by atoms with E-state index in [1.54, 1.807) is 0 Å². The standard InChI is InChI=1S/C17H29N/c1-3-8-16-10-12-17(13-11-16)9-6-5-7-15-18-14-4-2/h10-13,18H,3-9,14-15H2,1-2H3. The highest BCUT2D eigenvalue weighted by Crippen LogP contribution is 2.10. The van der Waals surface area contributed by atoms with E-state index < -0.39 is 0 Å². The molecular weight excluding hydrogens is 218 g/mol. The van der Waals surface area contributed by atoms with Crippen molar-refractivity contribution in [3.05, 3.63) is 35.4 Å². The first kappa shape index (κ1) is 15.2. The number of benzene rings is 1. The number of aryl methyl sites for hydroxylation is 2. The van der Waals surface area contributed by atoms with Crippen LogP contribution in [0.5, 0.6) is 0 Å². The average Bonchev–Trinajstić information content (AvgIpc) is 2.40. The molecule has 1 nitrogen and oxygen atoms in total. The molecule has 0 spiro atoms. The lowest BCUT2D eigenvalue weighted by atomic mass is 10.0. The van der Waals surface area contributed by atoms with Gasteiger partial charge in [0.05, 0.1) is 0 Å².